The van der Waals surface area contributed by atoms with Crippen molar-refractivity contribution in [2.24, 2.45) is 0 Å². The number of carbonyl (C=O) groups is 1. The van der Waals surface area contributed by atoms with Crippen molar-refractivity contribution in [2.75, 3.05) is 26.2 Å². The van der Waals surface area contributed by atoms with Crippen LogP contribution in [-0.4, -0.2) is 48.0 Å². The second-order valence-corrected chi connectivity index (χ2v) is 8.28. The maximum Gasteiger partial charge on any atom is 0.336 e. The molecule has 0 N–H and O–H groups in total. The number of carbonyl (C=O) groups excluding carboxylic acids is 1. The van der Waals surface area contributed by atoms with Gasteiger partial charge in [0.05, 0.1) is 0 Å². The van der Waals surface area contributed by atoms with Crippen molar-refractivity contribution >= 4 is 28.2 Å². The summed E-state index contributed by atoms with van der Waals surface area (Å²) < 4.78 is 11.1. The Morgan fingerprint density at radius 3 is 2.86 bits per heavy atom. The Bertz CT molecular complexity index is 1030. The summed E-state index contributed by atoms with van der Waals surface area (Å²) in [5.41, 5.74) is 0.0454. The second-order valence-electron chi connectivity index (χ2n) is 7.25. The number of hydrogen-bond acceptors (Lipinski definition) is 6. The van der Waals surface area contributed by atoms with E-state index in [9.17, 15) is 9.59 Å². The summed E-state index contributed by atoms with van der Waals surface area (Å²) in [6.07, 6.45) is 0.344. The van der Waals surface area contributed by atoms with Gasteiger partial charge in [-0.15, -0.1) is 11.3 Å². The normalized spacial score (nSPS) is 16.5. The highest BCUT2D eigenvalue weighted by molar-refractivity contribution is 7.09. The molecular formula is C22H24N2O4S. The molecule has 4 rings (SSSR count). The molecule has 29 heavy (non-hydrogen) atoms. The van der Waals surface area contributed by atoms with Crippen LogP contribution in [-0.2, 0) is 11.3 Å². The molecule has 0 radical (unpaired) electrons. The number of hydrogen-bond donors (Lipinski definition) is 0. The minimum Gasteiger partial charge on any atom is -0.481 e. The van der Waals surface area contributed by atoms with Crippen LogP contribution < -0.4 is 10.4 Å². The van der Waals surface area contributed by atoms with Gasteiger partial charge < -0.3 is 14.1 Å². The molecule has 1 aliphatic heterocycles. The van der Waals surface area contributed by atoms with Crippen LogP contribution in [0, 0.1) is 0 Å². The van der Waals surface area contributed by atoms with Gasteiger partial charge >= 0.3 is 5.63 Å². The highest BCUT2D eigenvalue weighted by Gasteiger charge is 2.25. The molecule has 0 spiro atoms. The molecule has 1 aromatic carbocycles. The summed E-state index contributed by atoms with van der Waals surface area (Å²) in [5, 5.41) is 2.91. The summed E-state index contributed by atoms with van der Waals surface area (Å²) in [6.45, 7) is 5.98. The fourth-order valence-corrected chi connectivity index (χ4v) is 4.34. The van der Waals surface area contributed by atoms with Gasteiger partial charge in [-0.2, -0.15) is 0 Å². The Hall–Kier alpha value is -2.64. The van der Waals surface area contributed by atoms with Gasteiger partial charge in [0.1, 0.15) is 11.3 Å². The highest BCUT2D eigenvalue weighted by atomic mass is 32.1. The Balaban J connectivity index is 1.36. The first-order valence-electron chi connectivity index (χ1n) is 9.82. The minimum atomic E-state index is -0.605. The molecule has 0 bridgehead atoms. The molecule has 1 unspecified atom stereocenters. The zero-order valence-corrected chi connectivity index (χ0v) is 17.2. The van der Waals surface area contributed by atoms with Crippen molar-refractivity contribution in [3.63, 3.8) is 0 Å². The fourth-order valence-electron chi connectivity index (χ4n) is 3.60. The van der Waals surface area contributed by atoms with Crippen molar-refractivity contribution in [1.29, 1.82) is 0 Å². The lowest BCUT2D eigenvalue weighted by Crippen LogP contribution is -2.42. The van der Waals surface area contributed by atoms with Crippen LogP contribution in [0.3, 0.4) is 0 Å². The smallest absolute Gasteiger partial charge is 0.336 e. The van der Waals surface area contributed by atoms with E-state index < -0.39 is 11.7 Å². The zero-order valence-electron chi connectivity index (χ0n) is 16.4. The third kappa shape index (κ3) is 4.86. The van der Waals surface area contributed by atoms with Gasteiger partial charge in [-0.05, 0) is 43.0 Å². The number of benzene rings is 1. The number of fused-ring (bicyclic) bond motifs is 1. The highest BCUT2D eigenvalue weighted by Crippen LogP contribution is 2.21. The molecule has 0 aliphatic carbocycles. The topological polar surface area (TPSA) is 63.0 Å². The van der Waals surface area contributed by atoms with Crippen LogP contribution in [0.1, 0.15) is 18.2 Å². The van der Waals surface area contributed by atoms with Gasteiger partial charge in [0.2, 0.25) is 0 Å². The first-order chi connectivity index (χ1) is 14.1. The molecule has 1 saturated heterocycles. The largest absolute Gasteiger partial charge is 0.481 e. The third-order valence-electron chi connectivity index (χ3n) is 5.11. The number of ether oxygens (including phenoxy) is 1. The number of thiophene rings is 1. The molecular weight excluding hydrogens is 388 g/mol. The van der Waals surface area contributed by atoms with E-state index in [1.165, 1.54) is 10.9 Å². The summed E-state index contributed by atoms with van der Waals surface area (Å²) in [6, 6.07) is 12.6. The molecule has 0 saturated carbocycles. The van der Waals surface area contributed by atoms with Gasteiger partial charge in [0.25, 0.3) is 5.91 Å². The van der Waals surface area contributed by atoms with E-state index >= 15 is 0 Å². The van der Waals surface area contributed by atoms with Crippen LogP contribution in [0.25, 0.3) is 11.0 Å². The van der Waals surface area contributed by atoms with E-state index in [-0.39, 0.29) is 5.91 Å². The number of amides is 1. The van der Waals surface area contributed by atoms with Crippen LogP contribution in [0.5, 0.6) is 5.75 Å². The fraction of sp³-hybridized carbons (Fsp3) is 0.364. The van der Waals surface area contributed by atoms with Gasteiger partial charge in [0.15, 0.2) is 6.10 Å². The van der Waals surface area contributed by atoms with E-state index in [1.807, 2.05) is 11.0 Å². The van der Waals surface area contributed by atoms with Crippen LogP contribution >= 0.6 is 11.3 Å². The lowest BCUT2D eigenvalue weighted by Gasteiger charge is -2.25. The van der Waals surface area contributed by atoms with Crippen LogP contribution in [0.15, 0.2) is 57.1 Å². The Kier molecular flexibility index (Phi) is 5.97. The Morgan fingerprint density at radius 2 is 2.03 bits per heavy atom. The monoisotopic (exact) mass is 412 g/mol. The second kappa shape index (κ2) is 8.80. The summed E-state index contributed by atoms with van der Waals surface area (Å²) in [7, 11) is 0. The standard InChI is InChI=1S/C22H24N2O4S/c1-16(27-18-7-5-17-6-8-21(25)28-20(17)14-18)22(26)24-10-3-9-23(11-12-24)15-19-4-2-13-29-19/h2,4-8,13-14,16H,3,9-12,15H2,1H3. The predicted octanol–water partition coefficient (Wildman–Crippen LogP) is 3.36. The predicted molar refractivity (Wildman–Crippen MR) is 113 cm³/mol. The molecule has 3 heterocycles. The average molecular weight is 413 g/mol. The number of rotatable bonds is 5. The summed E-state index contributed by atoms with van der Waals surface area (Å²) in [4.78, 5) is 30.0. The van der Waals surface area contributed by atoms with E-state index in [1.54, 1.807) is 36.5 Å². The number of nitrogens with zero attached hydrogens (tertiary/aromatic N) is 2. The molecule has 2 aromatic heterocycles. The molecule has 1 aliphatic rings. The molecule has 3 aromatic rings. The Labute approximate surface area is 173 Å². The van der Waals surface area contributed by atoms with E-state index in [2.05, 4.69) is 22.4 Å². The molecule has 1 amide bonds. The molecule has 152 valence electrons. The van der Waals surface area contributed by atoms with Crippen molar-refractivity contribution in [1.82, 2.24) is 9.80 Å². The summed E-state index contributed by atoms with van der Waals surface area (Å²) >= 11 is 1.77. The first kappa shape index (κ1) is 19.7. The summed E-state index contributed by atoms with van der Waals surface area (Å²) in [5.74, 6) is 0.499. The van der Waals surface area contributed by atoms with Gasteiger partial charge in [-0.3, -0.25) is 9.69 Å². The first-order valence-corrected chi connectivity index (χ1v) is 10.7. The molecule has 6 nitrogen and oxygen atoms in total. The van der Waals surface area contributed by atoms with Crippen LogP contribution in [0.4, 0.5) is 0 Å². The van der Waals surface area contributed by atoms with E-state index in [0.717, 1.165) is 38.0 Å². The lowest BCUT2D eigenvalue weighted by molar-refractivity contribution is -0.137. The minimum absolute atomic E-state index is 0.0161. The lowest BCUT2D eigenvalue weighted by atomic mass is 10.2. The maximum absolute atomic E-state index is 12.9. The van der Waals surface area contributed by atoms with Crippen molar-refractivity contribution in [2.45, 2.75) is 26.0 Å². The SMILES string of the molecule is CC(Oc1ccc2ccc(=O)oc2c1)C(=O)N1CCCN(Cc2cccs2)CC1. The third-order valence-corrected chi connectivity index (χ3v) is 5.98. The Morgan fingerprint density at radius 1 is 1.17 bits per heavy atom. The molecule has 7 heteroatoms. The van der Waals surface area contributed by atoms with E-state index in [4.69, 9.17) is 9.15 Å². The van der Waals surface area contributed by atoms with Crippen molar-refractivity contribution < 1.29 is 13.9 Å². The van der Waals surface area contributed by atoms with Crippen molar-refractivity contribution in [3.8, 4) is 5.75 Å². The van der Waals surface area contributed by atoms with Gasteiger partial charge in [-0.25, -0.2) is 4.79 Å². The van der Waals surface area contributed by atoms with Crippen molar-refractivity contribution in [3.05, 3.63) is 63.1 Å². The van der Waals surface area contributed by atoms with Crippen LogP contribution in [0.2, 0.25) is 0 Å². The molecule has 1 atom stereocenters. The maximum atomic E-state index is 12.9. The average Bonchev–Trinajstić information content (AvgIpc) is 3.11. The molecule has 1 fully saturated rings. The van der Waals surface area contributed by atoms with Gasteiger partial charge in [-0.1, -0.05) is 6.07 Å². The van der Waals surface area contributed by atoms with Gasteiger partial charge in [0, 0.05) is 55.1 Å². The van der Waals surface area contributed by atoms with E-state index in [0.29, 0.717) is 17.9 Å². The quantitative estimate of drug-likeness (QED) is 0.602. The zero-order chi connectivity index (χ0) is 20.2.